The van der Waals surface area contributed by atoms with Gasteiger partial charge in [0, 0.05) is 16.9 Å². The van der Waals surface area contributed by atoms with Crippen LogP contribution in [-0.4, -0.2) is 18.2 Å². The highest BCUT2D eigenvalue weighted by Gasteiger charge is 2.13. The van der Waals surface area contributed by atoms with Gasteiger partial charge in [-0.15, -0.1) is 0 Å². The summed E-state index contributed by atoms with van der Waals surface area (Å²) >= 11 is 5.78. The van der Waals surface area contributed by atoms with Crippen molar-refractivity contribution in [2.45, 2.75) is 11.4 Å². The molecule has 0 aliphatic carbocycles. The standard InChI is InChI=1S/C10H7Cl2FN2O2S/c11-10-7(2-1-3-9(10)13)5-15-6-8(4-14-15)18(12,16)17/h1-4,6H,5H2. The van der Waals surface area contributed by atoms with Crippen LogP contribution in [0.2, 0.25) is 5.02 Å². The molecule has 2 rings (SSSR count). The highest BCUT2D eigenvalue weighted by molar-refractivity contribution is 8.13. The zero-order chi connectivity index (χ0) is 13.3. The fraction of sp³-hybridized carbons (Fsp3) is 0.100. The third-order valence-electron chi connectivity index (χ3n) is 2.26. The lowest BCUT2D eigenvalue weighted by Crippen LogP contribution is -2.01. The van der Waals surface area contributed by atoms with Crippen molar-refractivity contribution < 1.29 is 12.8 Å². The molecule has 1 heterocycles. The zero-order valence-corrected chi connectivity index (χ0v) is 11.2. The van der Waals surface area contributed by atoms with Gasteiger partial charge >= 0.3 is 0 Å². The SMILES string of the molecule is O=S(=O)(Cl)c1cnn(Cc2cccc(F)c2Cl)c1. The maximum Gasteiger partial charge on any atom is 0.264 e. The highest BCUT2D eigenvalue weighted by atomic mass is 35.7. The van der Waals surface area contributed by atoms with Gasteiger partial charge in [0.15, 0.2) is 0 Å². The highest BCUT2D eigenvalue weighted by Crippen LogP contribution is 2.21. The Bertz CT molecular complexity index is 685. The largest absolute Gasteiger partial charge is 0.267 e. The van der Waals surface area contributed by atoms with Gasteiger partial charge in [-0.25, -0.2) is 12.8 Å². The van der Waals surface area contributed by atoms with E-state index in [1.807, 2.05) is 0 Å². The summed E-state index contributed by atoms with van der Waals surface area (Å²) in [5.41, 5.74) is 0.498. The van der Waals surface area contributed by atoms with Crippen LogP contribution >= 0.6 is 22.3 Å². The fourth-order valence-corrected chi connectivity index (χ4v) is 2.25. The summed E-state index contributed by atoms with van der Waals surface area (Å²) in [7, 11) is 1.35. The van der Waals surface area contributed by atoms with Crippen molar-refractivity contribution in [3.8, 4) is 0 Å². The molecule has 1 aromatic heterocycles. The van der Waals surface area contributed by atoms with E-state index in [4.69, 9.17) is 22.3 Å². The maximum absolute atomic E-state index is 13.2. The quantitative estimate of drug-likeness (QED) is 0.819. The van der Waals surface area contributed by atoms with E-state index < -0.39 is 14.9 Å². The molecule has 0 aliphatic rings. The Morgan fingerprint density at radius 1 is 1.39 bits per heavy atom. The van der Waals surface area contributed by atoms with Crippen molar-refractivity contribution in [2.75, 3.05) is 0 Å². The van der Waals surface area contributed by atoms with Crippen LogP contribution in [0.4, 0.5) is 4.39 Å². The van der Waals surface area contributed by atoms with Crippen molar-refractivity contribution in [3.05, 3.63) is 47.0 Å². The van der Waals surface area contributed by atoms with E-state index in [0.29, 0.717) is 5.56 Å². The predicted molar refractivity (Wildman–Crippen MR) is 65.8 cm³/mol. The molecule has 0 saturated heterocycles. The molecule has 0 amide bonds. The molecule has 8 heteroatoms. The Balaban J connectivity index is 2.30. The molecule has 18 heavy (non-hydrogen) atoms. The number of aromatic nitrogens is 2. The lowest BCUT2D eigenvalue weighted by molar-refractivity contribution is 0.608. The monoisotopic (exact) mass is 308 g/mol. The number of nitrogens with zero attached hydrogens (tertiary/aromatic N) is 2. The van der Waals surface area contributed by atoms with Gasteiger partial charge < -0.3 is 0 Å². The Hall–Kier alpha value is -1.11. The van der Waals surface area contributed by atoms with Gasteiger partial charge in [-0.05, 0) is 11.6 Å². The van der Waals surface area contributed by atoms with Crippen LogP contribution < -0.4 is 0 Å². The number of hydrogen-bond donors (Lipinski definition) is 0. The minimum Gasteiger partial charge on any atom is -0.267 e. The molecule has 2 aromatic rings. The fourth-order valence-electron chi connectivity index (χ4n) is 1.40. The van der Waals surface area contributed by atoms with E-state index >= 15 is 0 Å². The van der Waals surface area contributed by atoms with Gasteiger partial charge in [0.25, 0.3) is 9.05 Å². The minimum absolute atomic E-state index is 0.0109. The average molecular weight is 309 g/mol. The van der Waals surface area contributed by atoms with Crippen LogP contribution in [0.1, 0.15) is 5.56 Å². The van der Waals surface area contributed by atoms with Gasteiger partial charge in [0.05, 0.1) is 17.8 Å². The first-order chi connectivity index (χ1) is 8.38. The van der Waals surface area contributed by atoms with Crippen LogP contribution in [0.25, 0.3) is 0 Å². The maximum atomic E-state index is 13.2. The van der Waals surface area contributed by atoms with Crippen molar-refractivity contribution in [1.29, 1.82) is 0 Å². The van der Waals surface area contributed by atoms with Crippen LogP contribution in [0.5, 0.6) is 0 Å². The number of hydrogen-bond acceptors (Lipinski definition) is 3. The third-order valence-corrected chi connectivity index (χ3v) is 3.99. The summed E-state index contributed by atoms with van der Waals surface area (Å²) in [5.74, 6) is -0.536. The molecule has 0 aliphatic heterocycles. The van der Waals surface area contributed by atoms with Gasteiger partial charge in [-0.1, -0.05) is 23.7 Å². The van der Waals surface area contributed by atoms with E-state index in [1.165, 1.54) is 23.0 Å². The summed E-state index contributed by atoms with van der Waals surface area (Å²) in [6.45, 7) is 0.156. The van der Waals surface area contributed by atoms with Crippen molar-refractivity contribution in [2.24, 2.45) is 0 Å². The first kappa shape index (κ1) is 13.3. The van der Waals surface area contributed by atoms with Gasteiger partial charge in [-0.3, -0.25) is 4.68 Å². The molecule has 0 spiro atoms. The van der Waals surface area contributed by atoms with Crippen LogP contribution in [0.3, 0.4) is 0 Å². The Morgan fingerprint density at radius 2 is 2.11 bits per heavy atom. The normalized spacial score (nSPS) is 11.7. The molecule has 0 saturated carbocycles. The molecule has 0 unspecified atom stereocenters. The Kier molecular flexibility index (Phi) is 3.61. The Labute approximate surface area is 112 Å². The van der Waals surface area contributed by atoms with Gasteiger partial charge in [0.2, 0.25) is 0 Å². The van der Waals surface area contributed by atoms with Crippen LogP contribution in [-0.2, 0) is 15.6 Å². The van der Waals surface area contributed by atoms with Crippen LogP contribution in [0, 0.1) is 5.82 Å². The molecule has 96 valence electrons. The van der Waals surface area contributed by atoms with Crippen LogP contribution in [0.15, 0.2) is 35.5 Å². The summed E-state index contributed by atoms with van der Waals surface area (Å²) < 4.78 is 36.6. The van der Waals surface area contributed by atoms with E-state index in [1.54, 1.807) is 6.07 Å². The summed E-state index contributed by atoms with van der Waals surface area (Å²) in [5, 5.41) is 3.81. The molecule has 0 bridgehead atoms. The molecule has 0 atom stereocenters. The van der Waals surface area contributed by atoms with Gasteiger partial charge in [-0.2, -0.15) is 5.10 Å². The molecule has 0 radical (unpaired) electrons. The molecule has 0 N–H and O–H groups in total. The summed E-state index contributed by atoms with van der Waals surface area (Å²) in [6.07, 6.45) is 2.37. The summed E-state index contributed by atoms with van der Waals surface area (Å²) in [6, 6.07) is 4.38. The molecule has 4 nitrogen and oxygen atoms in total. The topological polar surface area (TPSA) is 52.0 Å². The second-order valence-electron chi connectivity index (χ2n) is 3.52. The number of halogens is 3. The lowest BCUT2D eigenvalue weighted by atomic mass is 10.2. The summed E-state index contributed by atoms with van der Waals surface area (Å²) in [4.78, 5) is -0.114. The first-order valence-corrected chi connectivity index (χ1v) is 7.46. The lowest BCUT2D eigenvalue weighted by Gasteiger charge is -2.04. The number of rotatable bonds is 3. The number of benzene rings is 1. The van der Waals surface area contributed by atoms with E-state index in [0.717, 1.165) is 6.20 Å². The third kappa shape index (κ3) is 2.82. The van der Waals surface area contributed by atoms with E-state index in [9.17, 15) is 12.8 Å². The minimum atomic E-state index is -3.81. The molecular weight excluding hydrogens is 302 g/mol. The second kappa shape index (κ2) is 4.87. The first-order valence-electron chi connectivity index (χ1n) is 4.78. The van der Waals surface area contributed by atoms with Gasteiger partial charge in [0.1, 0.15) is 10.7 Å². The van der Waals surface area contributed by atoms with Crippen molar-refractivity contribution >= 4 is 31.3 Å². The van der Waals surface area contributed by atoms with Crippen molar-refractivity contribution in [1.82, 2.24) is 9.78 Å². The zero-order valence-electron chi connectivity index (χ0n) is 8.85. The smallest absolute Gasteiger partial charge is 0.264 e. The predicted octanol–water partition coefficient (Wildman–Crippen LogP) is 2.65. The second-order valence-corrected chi connectivity index (χ2v) is 6.47. The molecule has 0 fully saturated rings. The average Bonchev–Trinajstić information content (AvgIpc) is 2.73. The molecular formula is C10H7Cl2FN2O2S. The Morgan fingerprint density at radius 3 is 2.72 bits per heavy atom. The van der Waals surface area contributed by atoms with E-state index in [2.05, 4.69) is 5.10 Å². The van der Waals surface area contributed by atoms with Crippen molar-refractivity contribution in [3.63, 3.8) is 0 Å². The van der Waals surface area contributed by atoms with E-state index in [-0.39, 0.29) is 16.5 Å². The molecule has 1 aromatic carbocycles.